The maximum atomic E-state index is 10.3. The maximum absolute atomic E-state index is 10.3. The van der Waals surface area contributed by atoms with Gasteiger partial charge in [0.25, 0.3) is 0 Å². The van der Waals surface area contributed by atoms with Crippen LogP contribution in [0.25, 0.3) is 10.9 Å². The number of hydrogen-bond donors (Lipinski definition) is 2. The first-order chi connectivity index (χ1) is 8.18. The summed E-state index contributed by atoms with van der Waals surface area (Å²) in [5.41, 5.74) is 6.89. The average molecular weight is 230 g/mol. The lowest BCUT2D eigenvalue weighted by atomic mass is 9.90. The molecular formula is C14H18N2O. The van der Waals surface area contributed by atoms with Crippen molar-refractivity contribution in [2.75, 3.05) is 6.54 Å². The SMILES string of the molecule is CCC(O)(CN)Cc1ccnc2ccccc12. The molecule has 1 aromatic carbocycles. The van der Waals surface area contributed by atoms with E-state index in [0.717, 1.165) is 16.5 Å². The zero-order valence-electron chi connectivity index (χ0n) is 10.1. The predicted octanol–water partition coefficient (Wildman–Crippen LogP) is 1.88. The van der Waals surface area contributed by atoms with Crippen LogP contribution in [-0.2, 0) is 6.42 Å². The molecule has 0 amide bonds. The van der Waals surface area contributed by atoms with Gasteiger partial charge in [-0.1, -0.05) is 25.1 Å². The average Bonchev–Trinajstić information content (AvgIpc) is 2.39. The molecule has 3 N–H and O–H groups in total. The summed E-state index contributed by atoms with van der Waals surface area (Å²) in [5, 5.41) is 11.4. The number of nitrogens with two attached hydrogens (primary N) is 1. The Morgan fingerprint density at radius 1 is 1.29 bits per heavy atom. The van der Waals surface area contributed by atoms with Crippen LogP contribution in [0.4, 0.5) is 0 Å². The molecule has 0 saturated heterocycles. The van der Waals surface area contributed by atoms with Crippen LogP contribution in [0.2, 0.25) is 0 Å². The van der Waals surface area contributed by atoms with Crippen LogP contribution < -0.4 is 5.73 Å². The second kappa shape index (κ2) is 4.82. The van der Waals surface area contributed by atoms with Gasteiger partial charge < -0.3 is 10.8 Å². The Hall–Kier alpha value is -1.45. The van der Waals surface area contributed by atoms with Gasteiger partial charge in [0.15, 0.2) is 0 Å². The number of para-hydroxylation sites is 1. The second-order valence-corrected chi connectivity index (χ2v) is 4.45. The molecule has 0 spiro atoms. The van der Waals surface area contributed by atoms with Crippen molar-refractivity contribution in [2.24, 2.45) is 5.73 Å². The van der Waals surface area contributed by atoms with Crippen molar-refractivity contribution in [1.82, 2.24) is 4.98 Å². The number of fused-ring (bicyclic) bond motifs is 1. The van der Waals surface area contributed by atoms with E-state index in [1.165, 1.54) is 0 Å². The molecule has 0 fully saturated rings. The Labute approximate surface area is 101 Å². The molecular weight excluding hydrogens is 212 g/mol. The Bertz CT molecular complexity index is 501. The Morgan fingerprint density at radius 3 is 2.76 bits per heavy atom. The van der Waals surface area contributed by atoms with Gasteiger partial charge in [0.05, 0.1) is 11.1 Å². The van der Waals surface area contributed by atoms with E-state index in [1.54, 1.807) is 6.20 Å². The zero-order chi connectivity index (χ0) is 12.3. The molecule has 0 aliphatic heterocycles. The van der Waals surface area contributed by atoms with E-state index in [0.29, 0.717) is 12.8 Å². The quantitative estimate of drug-likeness (QED) is 0.843. The fourth-order valence-corrected chi connectivity index (χ4v) is 2.01. The molecule has 1 atom stereocenters. The minimum atomic E-state index is -0.815. The van der Waals surface area contributed by atoms with Crippen molar-refractivity contribution in [3.05, 3.63) is 42.1 Å². The van der Waals surface area contributed by atoms with E-state index in [-0.39, 0.29) is 6.54 Å². The summed E-state index contributed by atoms with van der Waals surface area (Å²) in [6.07, 6.45) is 3.01. The number of aliphatic hydroxyl groups is 1. The molecule has 1 aromatic heterocycles. The van der Waals surface area contributed by atoms with Crippen LogP contribution in [0.15, 0.2) is 36.5 Å². The maximum Gasteiger partial charge on any atom is 0.0807 e. The molecule has 1 unspecified atom stereocenters. The molecule has 3 heteroatoms. The highest BCUT2D eigenvalue weighted by Gasteiger charge is 2.23. The van der Waals surface area contributed by atoms with Crippen LogP contribution in [0.1, 0.15) is 18.9 Å². The van der Waals surface area contributed by atoms with Gasteiger partial charge in [-0.05, 0) is 24.1 Å². The number of aromatic nitrogens is 1. The summed E-state index contributed by atoms with van der Waals surface area (Å²) in [6, 6.07) is 9.92. The van der Waals surface area contributed by atoms with Crippen molar-refractivity contribution < 1.29 is 5.11 Å². The number of pyridine rings is 1. The number of hydrogen-bond acceptors (Lipinski definition) is 3. The first kappa shape index (κ1) is 12.0. The van der Waals surface area contributed by atoms with E-state index in [2.05, 4.69) is 4.98 Å². The van der Waals surface area contributed by atoms with Gasteiger partial charge in [0.1, 0.15) is 0 Å². The molecule has 1 heterocycles. The van der Waals surface area contributed by atoms with Crippen molar-refractivity contribution >= 4 is 10.9 Å². The molecule has 3 nitrogen and oxygen atoms in total. The number of nitrogens with zero attached hydrogens (tertiary/aromatic N) is 1. The van der Waals surface area contributed by atoms with Gasteiger partial charge in [0, 0.05) is 24.5 Å². The molecule has 0 aliphatic carbocycles. The molecule has 0 bridgehead atoms. The number of rotatable bonds is 4. The minimum absolute atomic E-state index is 0.278. The fourth-order valence-electron chi connectivity index (χ4n) is 2.01. The van der Waals surface area contributed by atoms with E-state index in [9.17, 15) is 5.11 Å². The highest BCUT2D eigenvalue weighted by Crippen LogP contribution is 2.22. The molecule has 0 radical (unpaired) electrons. The summed E-state index contributed by atoms with van der Waals surface area (Å²) in [5.74, 6) is 0. The first-order valence-corrected chi connectivity index (χ1v) is 5.93. The van der Waals surface area contributed by atoms with Gasteiger partial charge >= 0.3 is 0 Å². The Kier molecular flexibility index (Phi) is 3.41. The standard InChI is InChI=1S/C14H18N2O/c1-2-14(17,10-15)9-11-7-8-16-13-6-4-3-5-12(11)13/h3-8,17H,2,9-10,15H2,1H3. The third kappa shape index (κ3) is 2.46. The predicted molar refractivity (Wildman–Crippen MR) is 69.7 cm³/mol. The molecule has 2 aromatic rings. The van der Waals surface area contributed by atoms with E-state index in [4.69, 9.17) is 5.73 Å². The van der Waals surface area contributed by atoms with Gasteiger partial charge in [-0.15, -0.1) is 0 Å². The normalized spacial score (nSPS) is 14.8. The lowest BCUT2D eigenvalue weighted by molar-refractivity contribution is 0.0459. The van der Waals surface area contributed by atoms with Crippen LogP contribution in [0, 0.1) is 0 Å². The summed E-state index contributed by atoms with van der Waals surface area (Å²) < 4.78 is 0. The largest absolute Gasteiger partial charge is 0.388 e. The van der Waals surface area contributed by atoms with E-state index in [1.807, 2.05) is 37.3 Å². The first-order valence-electron chi connectivity index (χ1n) is 5.93. The van der Waals surface area contributed by atoms with E-state index < -0.39 is 5.60 Å². The molecule has 0 aliphatic rings. The monoisotopic (exact) mass is 230 g/mol. The van der Waals surface area contributed by atoms with Gasteiger partial charge in [-0.25, -0.2) is 0 Å². The second-order valence-electron chi connectivity index (χ2n) is 4.45. The van der Waals surface area contributed by atoms with Gasteiger partial charge in [0.2, 0.25) is 0 Å². The fraction of sp³-hybridized carbons (Fsp3) is 0.357. The van der Waals surface area contributed by atoms with Crippen molar-refractivity contribution in [3.8, 4) is 0 Å². The lowest BCUT2D eigenvalue weighted by Crippen LogP contribution is -2.39. The van der Waals surface area contributed by atoms with Crippen molar-refractivity contribution in [1.29, 1.82) is 0 Å². The van der Waals surface area contributed by atoms with Gasteiger partial charge in [-0.3, -0.25) is 4.98 Å². The molecule has 17 heavy (non-hydrogen) atoms. The molecule has 2 rings (SSSR count). The Morgan fingerprint density at radius 2 is 2.06 bits per heavy atom. The minimum Gasteiger partial charge on any atom is -0.388 e. The lowest BCUT2D eigenvalue weighted by Gasteiger charge is -2.25. The van der Waals surface area contributed by atoms with E-state index >= 15 is 0 Å². The van der Waals surface area contributed by atoms with Gasteiger partial charge in [-0.2, -0.15) is 0 Å². The highest BCUT2D eigenvalue weighted by molar-refractivity contribution is 5.81. The summed E-state index contributed by atoms with van der Waals surface area (Å²) in [7, 11) is 0. The summed E-state index contributed by atoms with van der Waals surface area (Å²) >= 11 is 0. The third-order valence-corrected chi connectivity index (χ3v) is 3.30. The smallest absolute Gasteiger partial charge is 0.0807 e. The van der Waals surface area contributed by atoms with Crippen LogP contribution >= 0.6 is 0 Å². The van der Waals surface area contributed by atoms with Crippen molar-refractivity contribution in [2.45, 2.75) is 25.4 Å². The van der Waals surface area contributed by atoms with Crippen LogP contribution in [-0.4, -0.2) is 22.2 Å². The zero-order valence-corrected chi connectivity index (χ0v) is 10.1. The van der Waals surface area contributed by atoms with Crippen molar-refractivity contribution in [3.63, 3.8) is 0 Å². The molecule has 90 valence electrons. The van der Waals surface area contributed by atoms with Crippen LogP contribution in [0.3, 0.4) is 0 Å². The Balaban J connectivity index is 2.42. The summed E-state index contributed by atoms with van der Waals surface area (Å²) in [4.78, 5) is 4.31. The summed E-state index contributed by atoms with van der Waals surface area (Å²) in [6.45, 7) is 2.23. The topological polar surface area (TPSA) is 59.1 Å². The number of benzene rings is 1. The molecule has 0 saturated carbocycles. The third-order valence-electron chi connectivity index (χ3n) is 3.30. The van der Waals surface area contributed by atoms with Crippen LogP contribution in [0.5, 0.6) is 0 Å². The highest BCUT2D eigenvalue weighted by atomic mass is 16.3.